The van der Waals surface area contributed by atoms with Crippen LogP contribution in [-0.2, 0) is 0 Å². The molecule has 0 aromatic rings. The van der Waals surface area contributed by atoms with Crippen molar-refractivity contribution in [2.45, 2.75) is 32.1 Å². The SMILES string of the molecule is CC(C)C(O)C(O)C(N)CO. The minimum Gasteiger partial charge on any atom is -0.395 e. The Morgan fingerprint density at radius 1 is 1.18 bits per heavy atom. The van der Waals surface area contributed by atoms with Crippen LogP contribution in [0.3, 0.4) is 0 Å². The number of hydrogen-bond donors (Lipinski definition) is 4. The van der Waals surface area contributed by atoms with E-state index >= 15 is 0 Å². The summed E-state index contributed by atoms with van der Waals surface area (Å²) in [4.78, 5) is 0. The average Bonchev–Trinajstić information content (AvgIpc) is 2.00. The molecule has 0 aliphatic heterocycles. The van der Waals surface area contributed by atoms with E-state index in [9.17, 15) is 10.2 Å². The molecule has 3 atom stereocenters. The van der Waals surface area contributed by atoms with Crippen molar-refractivity contribution in [2.75, 3.05) is 6.61 Å². The van der Waals surface area contributed by atoms with Gasteiger partial charge in [0.2, 0.25) is 0 Å². The number of rotatable bonds is 4. The van der Waals surface area contributed by atoms with Gasteiger partial charge in [-0.25, -0.2) is 0 Å². The second-order valence-electron chi connectivity index (χ2n) is 3.07. The predicted octanol–water partition coefficient (Wildman–Crippen LogP) is -1.32. The van der Waals surface area contributed by atoms with E-state index in [1.807, 2.05) is 0 Å². The van der Waals surface area contributed by atoms with E-state index in [0.29, 0.717) is 0 Å². The zero-order valence-corrected chi connectivity index (χ0v) is 6.94. The van der Waals surface area contributed by atoms with Gasteiger partial charge in [0.1, 0.15) is 0 Å². The van der Waals surface area contributed by atoms with Crippen LogP contribution in [0.25, 0.3) is 0 Å². The Labute approximate surface area is 66.7 Å². The van der Waals surface area contributed by atoms with Crippen LogP contribution in [0.1, 0.15) is 13.8 Å². The van der Waals surface area contributed by atoms with Crippen molar-refractivity contribution in [1.29, 1.82) is 0 Å². The van der Waals surface area contributed by atoms with Crippen LogP contribution >= 0.6 is 0 Å². The van der Waals surface area contributed by atoms with Crippen LogP contribution < -0.4 is 5.73 Å². The normalized spacial score (nSPS) is 19.9. The molecule has 5 N–H and O–H groups in total. The summed E-state index contributed by atoms with van der Waals surface area (Å²) in [7, 11) is 0. The van der Waals surface area contributed by atoms with E-state index in [2.05, 4.69) is 0 Å². The molecule has 0 spiro atoms. The van der Waals surface area contributed by atoms with Crippen LogP contribution in [0.5, 0.6) is 0 Å². The Morgan fingerprint density at radius 3 is 1.91 bits per heavy atom. The third kappa shape index (κ3) is 3.16. The highest BCUT2D eigenvalue weighted by Crippen LogP contribution is 2.07. The summed E-state index contributed by atoms with van der Waals surface area (Å²) in [5.41, 5.74) is 5.30. The number of nitrogens with two attached hydrogens (primary N) is 1. The van der Waals surface area contributed by atoms with Crippen LogP contribution in [0.15, 0.2) is 0 Å². The standard InChI is InChI=1S/C7H17NO3/c1-4(2)6(10)7(11)5(8)3-9/h4-7,9-11H,3,8H2,1-2H3. The lowest BCUT2D eigenvalue weighted by Crippen LogP contribution is -2.47. The Morgan fingerprint density at radius 2 is 1.64 bits per heavy atom. The highest BCUT2D eigenvalue weighted by atomic mass is 16.3. The third-order valence-corrected chi connectivity index (χ3v) is 1.68. The first-order chi connectivity index (χ1) is 5.00. The summed E-state index contributed by atoms with van der Waals surface area (Å²) in [6.07, 6.45) is -1.91. The first-order valence-electron chi connectivity index (χ1n) is 3.73. The first-order valence-corrected chi connectivity index (χ1v) is 3.73. The monoisotopic (exact) mass is 163 g/mol. The van der Waals surface area contributed by atoms with E-state index in [4.69, 9.17) is 10.8 Å². The maximum atomic E-state index is 9.26. The van der Waals surface area contributed by atoms with Crippen molar-refractivity contribution in [3.05, 3.63) is 0 Å². The van der Waals surface area contributed by atoms with Crippen molar-refractivity contribution >= 4 is 0 Å². The Hall–Kier alpha value is -0.160. The van der Waals surface area contributed by atoms with Crippen LogP contribution in [0.4, 0.5) is 0 Å². The van der Waals surface area contributed by atoms with Gasteiger partial charge in [-0.15, -0.1) is 0 Å². The van der Waals surface area contributed by atoms with Gasteiger partial charge in [-0.2, -0.15) is 0 Å². The quantitative estimate of drug-likeness (QED) is 0.414. The maximum Gasteiger partial charge on any atom is 0.0974 e. The van der Waals surface area contributed by atoms with Crippen molar-refractivity contribution in [2.24, 2.45) is 11.7 Å². The number of aliphatic hydroxyl groups is 3. The van der Waals surface area contributed by atoms with Crippen molar-refractivity contribution in [3.63, 3.8) is 0 Å². The van der Waals surface area contributed by atoms with Gasteiger partial charge in [0.25, 0.3) is 0 Å². The Balaban J connectivity index is 3.90. The molecule has 4 nitrogen and oxygen atoms in total. The van der Waals surface area contributed by atoms with Gasteiger partial charge < -0.3 is 21.1 Å². The Bertz CT molecular complexity index is 108. The van der Waals surface area contributed by atoms with Crippen LogP contribution in [0.2, 0.25) is 0 Å². The van der Waals surface area contributed by atoms with Crippen LogP contribution in [-0.4, -0.2) is 40.2 Å². The number of aliphatic hydroxyl groups excluding tert-OH is 3. The summed E-state index contributed by atoms with van der Waals surface area (Å²) in [5.74, 6) is -0.0531. The van der Waals surface area contributed by atoms with E-state index in [1.165, 1.54) is 0 Å². The van der Waals surface area contributed by atoms with Crippen LogP contribution in [0, 0.1) is 5.92 Å². The molecule has 0 bridgehead atoms. The summed E-state index contributed by atoms with van der Waals surface area (Å²) in [6, 6.07) is -0.757. The molecule has 68 valence electrons. The molecule has 4 heteroatoms. The van der Waals surface area contributed by atoms with E-state index in [1.54, 1.807) is 13.8 Å². The van der Waals surface area contributed by atoms with Crippen molar-refractivity contribution in [3.8, 4) is 0 Å². The smallest absolute Gasteiger partial charge is 0.0974 e. The van der Waals surface area contributed by atoms with Gasteiger partial charge in [0.15, 0.2) is 0 Å². The molecule has 0 aromatic carbocycles. The van der Waals surface area contributed by atoms with Gasteiger partial charge in [-0.3, -0.25) is 0 Å². The second kappa shape index (κ2) is 4.66. The minimum atomic E-state index is -1.04. The molecular formula is C7H17NO3. The fourth-order valence-electron chi connectivity index (χ4n) is 0.756. The van der Waals surface area contributed by atoms with Crippen molar-refractivity contribution in [1.82, 2.24) is 0 Å². The molecule has 0 amide bonds. The fourth-order valence-corrected chi connectivity index (χ4v) is 0.756. The highest BCUT2D eigenvalue weighted by molar-refractivity contribution is 4.79. The van der Waals surface area contributed by atoms with E-state index in [0.717, 1.165) is 0 Å². The summed E-state index contributed by atoms with van der Waals surface area (Å²) < 4.78 is 0. The number of hydrogen-bond acceptors (Lipinski definition) is 4. The molecule has 3 unspecified atom stereocenters. The maximum absolute atomic E-state index is 9.26. The Kier molecular flexibility index (Phi) is 4.60. The molecule has 0 saturated heterocycles. The van der Waals surface area contributed by atoms with Gasteiger partial charge in [-0.1, -0.05) is 13.8 Å². The van der Waals surface area contributed by atoms with E-state index in [-0.39, 0.29) is 12.5 Å². The zero-order valence-electron chi connectivity index (χ0n) is 6.94. The average molecular weight is 163 g/mol. The topological polar surface area (TPSA) is 86.7 Å². The minimum absolute atomic E-state index is 0.0531. The third-order valence-electron chi connectivity index (χ3n) is 1.68. The molecule has 0 rings (SSSR count). The van der Waals surface area contributed by atoms with Crippen molar-refractivity contribution < 1.29 is 15.3 Å². The highest BCUT2D eigenvalue weighted by Gasteiger charge is 2.24. The molecule has 11 heavy (non-hydrogen) atoms. The molecule has 0 aliphatic rings. The molecule has 0 aromatic heterocycles. The molecule has 0 aliphatic carbocycles. The molecular weight excluding hydrogens is 146 g/mol. The second-order valence-corrected chi connectivity index (χ2v) is 3.07. The molecule has 0 heterocycles. The summed E-state index contributed by atoms with van der Waals surface area (Å²) in [5, 5.41) is 27.0. The molecule has 0 saturated carbocycles. The van der Waals surface area contributed by atoms with Gasteiger partial charge >= 0.3 is 0 Å². The first kappa shape index (κ1) is 10.8. The lowest BCUT2D eigenvalue weighted by molar-refractivity contribution is -0.0300. The zero-order chi connectivity index (χ0) is 9.02. The van der Waals surface area contributed by atoms with Gasteiger partial charge in [0, 0.05) is 0 Å². The summed E-state index contributed by atoms with van der Waals surface area (Å²) in [6.45, 7) is 3.24. The predicted molar refractivity (Wildman–Crippen MR) is 41.9 cm³/mol. The van der Waals surface area contributed by atoms with Gasteiger partial charge in [-0.05, 0) is 5.92 Å². The molecule has 0 radical (unpaired) electrons. The summed E-state index contributed by atoms with van der Waals surface area (Å²) >= 11 is 0. The van der Waals surface area contributed by atoms with E-state index < -0.39 is 18.2 Å². The van der Waals surface area contributed by atoms with Gasteiger partial charge in [0.05, 0.1) is 24.9 Å². The molecule has 0 fully saturated rings. The largest absolute Gasteiger partial charge is 0.395 e. The lowest BCUT2D eigenvalue weighted by Gasteiger charge is -2.24. The fraction of sp³-hybridized carbons (Fsp3) is 1.00. The lowest BCUT2D eigenvalue weighted by atomic mass is 9.97.